The molecule has 52 valence electrons. The quantitative estimate of drug-likeness (QED) is 0.567. The van der Waals surface area contributed by atoms with E-state index in [-0.39, 0.29) is 0 Å². The summed E-state index contributed by atoms with van der Waals surface area (Å²) in [6.45, 7) is 0.788. The number of aliphatic imine (C=N–C) groups is 1. The molecular formula is C6H7N3S. The first kappa shape index (κ1) is 5.88. The molecule has 2 N–H and O–H groups in total. The van der Waals surface area contributed by atoms with E-state index in [0.29, 0.717) is 0 Å². The normalized spacial score (nSPS) is 15.5. The molecule has 0 aromatic carbocycles. The van der Waals surface area contributed by atoms with Crippen LogP contribution in [0.1, 0.15) is 4.88 Å². The zero-order valence-corrected chi connectivity index (χ0v) is 6.14. The van der Waals surface area contributed by atoms with E-state index in [0.717, 1.165) is 12.2 Å². The predicted molar refractivity (Wildman–Crippen MR) is 42.2 cm³/mol. The maximum absolute atomic E-state index is 5.50. The Bertz CT molecular complexity index is 266. The van der Waals surface area contributed by atoms with Gasteiger partial charge in [0.1, 0.15) is 6.34 Å². The van der Waals surface area contributed by atoms with Gasteiger partial charge < -0.3 is 0 Å². The summed E-state index contributed by atoms with van der Waals surface area (Å²) in [6.07, 6.45) is 1.65. The number of hydrogen-bond donors (Lipinski definition) is 1. The lowest BCUT2D eigenvalue weighted by Crippen LogP contribution is -2.29. The Kier molecular flexibility index (Phi) is 1.22. The minimum atomic E-state index is 0.788. The fourth-order valence-corrected chi connectivity index (χ4v) is 1.74. The van der Waals surface area contributed by atoms with Crippen LogP contribution in [0.4, 0.5) is 5.69 Å². The van der Waals surface area contributed by atoms with Crippen molar-refractivity contribution in [2.75, 3.05) is 0 Å². The Labute approximate surface area is 62.8 Å². The summed E-state index contributed by atoms with van der Waals surface area (Å²) in [4.78, 5) is 5.36. The van der Waals surface area contributed by atoms with Crippen LogP contribution >= 0.6 is 11.3 Å². The molecule has 2 rings (SSSR count). The van der Waals surface area contributed by atoms with Crippen LogP contribution in [0, 0.1) is 0 Å². The van der Waals surface area contributed by atoms with E-state index in [9.17, 15) is 0 Å². The molecule has 0 atom stereocenters. The number of fused-ring (bicyclic) bond motifs is 1. The lowest BCUT2D eigenvalue weighted by molar-refractivity contribution is 0.447. The monoisotopic (exact) mass is 153 g/mol. The molecule has 3 nitrogen and oxygen atoms in total. The van der Waals surface area contributed by atoms with Crippen LogP contribution in [0.2, 0.25) is 0 Å². The number of nitrogens with two attached hydrogens (primary N) is 1. The molecule has 0 bridgehead atoms. The third-order valence-corrected chi connectivity index (χ3v) is 2.29. The Balaban J connectivity index is 2.43. The SMILES string of the molecule is NN1C=Nc2ccsc2C1. The highest BCUT2D eigenvalue weighted by molar-refractivity contribution is 7.10. The summed E-state index contributed by atoms with van der Waals surface area (Å²) in [5.74, 6) is 5.50. The minimum Gasteiger partial charge on any atom is -0.296 e. The van der Waals surface area contributed by atoms with E-state index in [1.165, 1.54) is 4.88 Å². The zero-order chi connectivity index (χ0) is 6.97. The average Bonchev–Trinajstić information content (AvgIpc) is 2.33. The van der Waals surface area contributed by atoms with Crippen LogP contribution in [0.3, 0.4) is 0 Å². The van der Waals surface area contributed by atoms with Crippen LogP contribution in [-0.4, -0.2) is 11.3 Å². The second-order valence-corrected chi connectivity index (χ2v) is 3.15. The summed E-state index contributed by atoms with van der Waals surface area (Å²) in [5, 5.41) is 3.61. The Morgan fingerprint density at radius 3 is 3.50 bits per heavy atom. The second-order valence-electron chi connectivity index (χ2n) is 2.15. The van der Waals surface area contributed by atoms with Gasteiger partial charge in [0.2, 0.25) is 0 Å². The van der Waals surface area contributed by atoms with Crippen LogP contribution < -0.4 is 5.84 Å². The van der Waals surface area contributed by atoms with Gasteiger partial charge in [0.05, 0.1) is 17.1 Å². The molecule has 1 aliphatic rings. The summed E-state index contributed by atoms with van der Waals surface area (Å²) < 4.78 is 0. The molecule has 0 aliphatic carbocycles. The van der Waals surface area contributed by atoms with Gasteiger partial charge in [-0.15, -0.1) is 11.3 Å². The first-order valence-electron chi connectivity index (χ1n) is 2.98. The van der Waals surface area contributed by atoms with E-state index in [2.05, 4.69) is 4.99 Å². The Morgan fingerprint density at radius 1 is 1.70 bits per heavy atom. The number of thiophene rings is 1. The van der Waals surface area contributed by atoms with E-state index in [4.69, 9.17) is 5.84 Å². The van der Waals surface area contributed by atoms with Gasteiger partial charge >= 0.3 is 0 Å². The standard InChI is InChI=1S/C6H7N3S/c7-9-3-6-5(8-4-9)1-2-10-6/h1-2,4H,3,7H2. The molecule has 10 heavy (non-hydrogen) atoms. The smallest absolute Gasteiger partial charge is 0.106 e. The fraction of sp³-hybridized carbons (Fsp3) is 0.167. The maximum atomic E-state index is 5.50. The topological polar surface area (TPSA) is 41.6 Å². The van der Waals surface area contributed by atoms with Gasteiger partial charge in [0.25, 0.3) is 0 Å². The van der Waals surface area contributed by atoms with Crippen molar-refractivity contribution >= 4 is 23.4 Å². The second kappa shape index (κ2) is 2.07. The van der Waals surface area contributed by atoms with Gasteiger partial charge in [-0.25, -0.2) is 10.8 Å². The van der Waals surface area contributed by atoms with Crippen molar-refractivity contribution in [1.82, 2.24) is 5.01 Å². The van der Waals surface area contributed by atoms with Crippen molar-refractivity contribution in [2.24, 2.45) is 10.8 Å². The molecule has 4 heteroatoms. The Morgan fingerprint density at radius 2 is 2.60 bits per heavy atom. The third kappa shape index (κ3) is 0.815. The van der Waals surface area contributed by atoms with Crippen molar-refractivity contribution in [3.05, 3.63) is 16.3 Å². The molecule has 0 fully saturated rings. The molecule has 0 amide bonds. The molecule has 0 radical (unpaired) electrons. The summed E-state index contributed by atoms with van der Waals surface area (Å²) in [7, 11) is 0. The van der Waals surface area contributed by atoms with Crippen molar-refractivity contribution < 1.29 is 0 Å². The lowest BCUT2D eigenvalue weighted by atomic mass is 10.3. The van der Waals surface area contributed by atoms with Gasteiger partial charge in [-0.1, -0.05) is 0 Å². The first-order valence-corrected chi connectivity index (χ1v) is 3.86. The highest BCUT2D eigenvalue weighted by atomic mass is 32.1. The minimum absolute atomic E-state index is 0.788. The number of hydrogen-bond acceptors (Lipinski definition) is 4. The fourth-order valence-electron chi connectivity index (χ4n) is 0.910. The summed E-state index contributed by atoms with van der Waals surface area (Å²) in [6, 6.07) is 2.00. The number of hydrazine groups is 1. The van der Waals surface area contributed by atoms with Crippen molar-refractivity contribution in [3.63, 3.8) is 0 Å². The molecule has 0 saturated carbocycles. The van der Waals surface area contributed by atoms with Gasteiger partial charge in [-0.3, -0.25) is 5.01 Å². The van der Waals surface area contributed by atoms with Crippen LogP contribution in [0.5, 0.6) is 0 Å². The first-order chi connectivity index (χ1) is 4.86. The summed E-state index contributed by atoms with van der Waals surface area (Å²) >= 11 is 1.69. The third-order valence-electron chi connectivity index (χ3n) is 1.39. The number of nitrogens with zero attached hydrogens (tertiary/aromatic N) is 2. The van der Waals surface area contributed by atoms with Crippen molar-refractivity contribution in [3.8, 4) is 0 Å². The van der Waals surface area contributed by atoms with Crippen LogP contribution in [0.25, 0.3) is 0 Å². The van der Waals surface area contributed by atoms with Gasteiger partial charge in [-0.05, 0) is 11.4 Å². The Hall–Kier alpha value is -0.870. The molecule has 0 spiro atoms. The number of rotatable bonds is 0. The molecule has 1 aromatic heterocycles. The predicted octanol–water partition coefficient (Wildman–Crippen LogP) is 1.10. The maximum Gasteiger partial charge on any atom is 0.106 e. The van der Waals surface area contributed by atoms with Gasteiger partial charge in [-0.2, -0.15) is 0 Å². The summed E-state index contributed by atoms with van der Waals surface area (Å²) in [5.41, 5.74) is 1.06. The molecule has 1 aromatic rings. The molecule has 0 saturated heterocycles. The lowest BCUT2D eigenvalue weighted by Gasteiger charge is -2.15. The molecular weight excluding hydrogens is 146 g/mol. The molecule has 0 unspecified atom stereocenters. The largest absolute Gasteiger partial charge is 0.296 e. The van der Waals surface area contributed by atoms with Crippen molar-refractivity contribution in [1.29, 1.82) is 0 Å². The van der Waals surface area contributed by atoms with Crippen molar-refractivity contribution in [2.45, 2.75) is 6.54 Å². The van der Waals surface area contributed by atoms with E-state index < -0.39 is 0 Å². The average molecular weight is 153 g/mol. The van der Waals surface area contributed by atoms with E-state index in [1.54, 1.807) is 22.7 Å². The van der Waals surface area contributed by atoms with E-state index in [1.807, 2.05) is 11.4 Å². The van der Waals surface area contributed by atoms with Crippen LogP contribution in [-0.2, 0) is 6.54 Å². The van der Waals surface area contributed by atoms with Gasteiger partial charge in [0, 0.05) is 0 Å². The highest BCUT2D eigenvalue weighted by Crippen LogP contribution is 2.27. The molecule has 1 aliphatic heterocycles. The van der Waals surface area contributed by atoms with Gasteiger partial charge in [0.15, 0.2) is 0 Å². The highest BCUT2D eigenvalue weighted by Gasteiger charge is 2.08. The van der Waals surface area contributed by atoms with E-state index >= 15 is 0 Å². The van der Waals surface area contributed by atoms with Crippen LogP contribution in [0.15, 0.2) is 16.4 Å². The zero-order valence-electron chi connectivity index (χ0n) is 5.32. The molecule has 2 heterocycles.